The first-order valence-corrected chi connectivity index (χ1v) is 8.37. The maximum Gasteiger partial charge on any atom is 0.0802 e. The second-order valence-electron chi connectivity index (χ2n) is 7.72. The summed E-state index contributed by atoms with van der Waals surface area (Å²) in [6, 6.07) is 8.48. The molecule has 1 aromatic rings. The van der Waals surface area contributed by atoms with E-state index in [2.05, 4.69) is 56.9 Å². The molecule has 2 nitrogen and oxygen atoms in total. The van der Waals surface area contributed by atoms with Gasteiger partial charge in [-0.3, -0.25) is 0 Å². The predicted molar refractivity (Wildman–Crippen MR) is 89.6 cm³/mol. The van der Waals surface area contributed by atoms with E-state index in [1.165, 1.54) is 31.5 Å². The van der Waals surface area contributed by atoms with E-state index in [4.69, 9.17) is 0 Å². The lowest BCUT2D eigenvalue weighted by Gasteiger charge is -2.31. The minimum absolute atomic E-state index is 0.174. The van der Waals surface area contributed by atoms with Crippen LogP contribution in [0.25, 0.3) is 0 Å². The molecule has 2 heteroatoms. The van der Waals surface area contributed by atoms with Crippen molar-refractivity contribution >= 4 is 0 Å². The average molecular weight is 289 g/mol. The molecule has 1 saturated heterocycles. The van der Waals surface area contributed by atoms with Crippen molar-refractivity contribution in [3.05, 3.63) is 35.4 Å². The lowest BCUT2D eigenvalue weighted by atomic mass is 9.86. The summed E-state index contributed by atoms with van der Waals surface area (Å²) in [7, 11) is 0. The minimum Gasteiger partial charge on any atom is -0.388 e. The molecule has 2 rings (SSSR count). The lowest BCUT2D eigenvalue weighted by molar-refractivity contribution is 0.122. The van der Waals surface area contributed by atoms with Crippen molar-refractivity contribution in [2.24, 2.45) is 5.92 Å². The van der Waals surface area contributed by atoms with Crippen LogP contribution in [-0.2, 0) is 5.41 Å². The van der Waals surface area contributed by atoms with Crippen molar-refractivity contribution in [1.29, 1.82) is 0 Å². The van der Waals surface area contributed by atoms with Crippen molar-refractivity contribution in [2.45, 2.75) is 58.5 Å². The van der Waals surface area contributed by atoms with E-state index in [-0.39, 0.29) is 11.5 Å². The largest absolute Gasteiger partial charge is 0.388 e. The number of aliphatic hydroxyl groups is 1. The smallest absolute Gasteiger partial charge is 0.0802 e. The van der Waals surface area contributed by atoms with E-state index in [9.17, 15) is 5.11 Å². The van der Waals surface area contributed by atoms with Crippen molar-refractivity contribution < 1.29 is 5.11 Å². The molecular formula is C19H31NO. The third kappa shape index (κ3) is 4.82. The van der Waals surface area contributed by atoms with Crippen LogP contribution < -0.4 is 0 Å². The van der Waals surface area contributed by atoms with Gasteiger partial charge in [0, 0.05) is 13.1 Å². The van der Waals surface area contributed by atoms with Crippen molar-refractivity contribution in [3.63, 3.8) is 0 Å². The second kappa shape index (κ2) is 6.93. The first-order chi connectivity index (χ1) is 9.86. The number of hydrogen-bond donors (Lipinski definition) is 1. The fraction of sp³-hybridized carbons (Fsp3) is 0.684. The van der Waals surface area contributed by atoms with Crippen molar-refractivity contribution in [2.75, 3.05) is 19.6 Å². The highest BCUT2D eigenvalue weighted by molar-refractivity contribution is 5.28. The Hall–Kier alpha value is -0.860. The van der Waals surface area contributed by atoms with Crippen LogP contribution in [0.4, 0.5) is 0 Å². The average Bonchev–Trinajstić information content (AvgIpc) is 2.44. The Morgan fingerprint density at radius 2 is 1.90 bits per heavy atom. The van der Waals surface area contributed by atoms with Gasteiger partial charge >= 0.3 is 0 Å². The number of rotatable bonds is 4. The highest BCUT2D eigenvalue weighted by Crippen LogP contribution is 2.25. The molecule has 1 fully saturated rings. The van der Waals surface area contributed by atoms with Gasteiger partial charge in [-0.15, -0.1) is 0 Å². The molecule has 0 bridgehead atoms. The summed E-state index contributed by atoms with van der Waals surface area (Å²) >= 11 is 0. The Kier molecular flexibility index (Phi) is 5.45. The van der Waals surface area contributed by atoms with Crippen LogP contribution in [0.3, 0.4) is 0 Å². The quantitative estimate of drug-likeness (QED) is 0.900. The van der Waals surface area contributed by atoms with E-state index in [1.54, 1.807) is 0 Å². The van der Waals surface area contributed by atoms with Gasteiger partial charge in [-0.25, -0.2) is 0 Å². The Labute approximate surface area is 130 Å². The van der Waals surface area contributed by atoms with E-state index in [1.807, 2.05) is 0 Å². The highest BCUT2D eigenvalue weighted by atomic mass is 16.3. The van der Waals surface area contributed by atoms with Crippen LogP contribution in [0.2, 0.25) is 0 Å². The topological polar surface area (TPSA) is 23.5 Å². The van der Waals surface area contributed by atoms with Crippen LogP contribution in [0.5, 0.6) is 0 Å². The van der Waals surface area contributed by atoms with Crippen LogP contribution in [0.15, 0.2) is 24.3 Å². The summed E-state index contributed by atoms with van der Waals surface area (Å²) in [5.41, 5.74) is 2.55. The Morgan fingerprint density at radius 1 is 1.24 bits per heavy atom. The van der Waals surface area contributed by atoms with Crippen LogP contribution in [0.1, 0.15) is 64.2 Å². The maximum absolute atomic E-state index is 10.4. The SMILES string of the molecule is CC1CCCN(CCC(O)c2ccc(C(C)(C)C)cc2)C1. The predicted octanol–water partition coefficient (Wildman–Crippen LogP) is 4.14. The lowest BCUT2D eigenvalue weighted by Crippen LogP contribution is -2.35. The third-order valence-corrected chi connectivity index (χ3v) is 4.62. The third-order valence-electron chi connectivity index (χ3n) is 4.62. The Balaban J connectivity index is 1.87. The zero-order chi connectivity index (χ0) is 15.5. The zero-order valence-electron chi connectivity index (χ0n) is 14.1. The highest BCUT2D eigenvalue weighted by Gasteiger charge is 2.18. The number of likely N-dealkylation sites (tertiary alicyclic amines) is 1. The molecule has 0 amide bonds. The normalized spacial score (nSPS) is 22.2. The van der Waals surface area contributed by atoms with Crippen molar-refractivity contribution in [1.82, 2.24) is 4.90 Å². The van der Waals surface area contributed by atoms with Gasteiger partial charge in [-0.1, -0.05) is 52.0 Å². The number of hydrogen-bond acceptors (Lipinski definition) is 2. The van der Waals surface area contributed by atoms with Gasteiger partial charge in [-0.05, 0) is 48.3 Å². The second-order valence-corrected chi connectivity index (χ2v) is 7.72. The Bertz CT molecular complexity index is 432. The maximum atomic E-state index is 10.4. The standard InChI is InChI=1S/C19H31NO/c1-15-6-5-12-20(14-15)13-11-18(21)16-7-9-17(10-8-16)19(2,3)4/h7-10,15,18,21H,5-6,11-14H2,1-4H3. The van der Waals surface area contributed by atoms with Crippen LogP contribution in [0, 0.1) is 5.92 Å². The molecule has 0 radical (unpaired) electrons. The van der Waals surface area contributed by atoms with Crippen LogP contribution >= 0.6 is 0 Å². The minimum atomic E-state index is -0.337. The fourth-order valence-corrected chi connectivity index (χ4v) is 3.17. The molecule has 118 valence electrons. The molecule has 0 saturated carbocycles. The summed E-state index contributed by atoms with van der Waals surface area (Å²) < 4.78 is 0. The number of aliphatic hydroxyl groups excluding tert-OH is 1. The molecule has 2 atom stereocenters. The molecule has 0 spiro atoms. The summed E-state index contributed by atoms with van der Waals surface area (Å²) in [4.78, 5) is 2.50. The van der Waals surface area contributed by atoms with Gasteiger partial charge in [0.05, 0.1) is 6.10 Å². The fourth-order valence-electron chi connectivity index (χ4n) is 3.17. The number of benzene rings is 1. The molecular weight excluding hydrogens is 258 g/mol. The first-order valence-electron chi connectivity index (χ1n) is 8.37. The Morgan fingerprint density at radius 3 is 2.48 bits per heavy atom. The number of nitrogens with zero attached hydrogens (tertiary/aromatic N) is 1. The van der Waals surface area contributed by atoms with E-state index in [0.29, 0.717) is 0 Å². The van der Waals surface area contributed by atoms with Gasteiger partial charge in [0.2, 0.25) is 0 Å². The summed E-state index contributed by atoms with van der Waals surface area (Å²) in [5, 5.41) is 10.4. The molecule has 1 aliphatic heterocycles. The van der Waals surface area contributed by atoms with Crippen molar-refractivity contribution in [3.8, 4) is 0 Å². The molecule has 1 aliphatic rings. The summed E-state index contributed by atoms with van der Waals surface area (Å²) in [5.74, 6) is 0.807. The van der Waals surface area contributed by atoms with Gasteiger partial charge < -0.3 is 10.0 Å². The molecule has 0 aliphatic carbocycles. The molecule has 1 aromatic carbocycles. The molecule has 0 aromatic heterocycles. The summed E-state index contributed by atoms with van der Waals surface area (Å²) in [6.07, 6.45) is 3.16. The van der Waals surface area contributed by atoms with Crippen LogP contribution in [-0.4, -0.2) is 29.6 Å². The first kappa shape index (κ1) is 16.5. The molecule has 21 heavy (non-hydrogen) atoms. The monoisotopic (exact) mass is 289 g/mol. The summed E-state index contributed by atoms with van der Waals surface area (Å²) in [6.45, 7) is 12.4. The van der Waals surface area contributed by atoms with E-state index in [0.717, 1.165) is 24.4 Å². The molecule has 1 heterocycles. The van der Waals surface area contributed by atoms with Gasteiger partial charge in [0.15, 0.2) is 0 Å². The van der Waals surface area contributed by atoms with Gasteiger partial charge in [0.25, 0.3) is 0 Å². The number of piperidine rings is 1. The van der Waals surface area contributed by atoms with E-state index >= 15 is 0 Å². The van der Waals surface area contributed by atoms with Gasteiger partial charge in [-0.2, -0.15) is 0 Å². The molecule has 1 N–H and O–H groups in total. The molecule has 2 unspecified atom stereocenters. The van der Waals surface area contributed by atoms with Gasteiger partial charge in [0.1, 0.15) is 0 Å². The zero-order valence-corrected chi connectivity index (χ0v) is 14.1. The van der Waals surface area contributed by atoms with E-state index < -0.39 is 0 Å².